The van der Waals surface area contributed by atoms with Gasteiger partial charge in [0.15, 0.2) is 5.78 Å². The van der Waals surface area contributed by atoms with Gasteiger partial charge in [-0.05, 0) is 104 Å². The van der Waals surface area contributed by atoms with Crippen LogP contribution in [0.25, 0.3) is 0 Å². The van der Waals surface area contributed by atoms with Gasteiger partial charge in [0.05, 0.1) is 0 Å². The van der Waals surface area contributed by atoms with Crippen molar-refractivity contribution in [2.24, 2.45) is 17.3 Å². The molecule has 0 spiro atoms. The molecule has 1 aromatic carbocycles. The minimum Gasteiger partial charge on any atom is -0.378 e. The molecular formula is C30H38NO3P. The number of benzene rings is 1. The summed E-state index contributed by atoms with van der Waals surface area (Å²) in [7, 11) is 1.55. The molecule has 0 aromatic heterocycles. The number of fused-ring (bicyclic) bond motifs is 4. The first-order valence-corrected chi connectivity index (χ1v) is 15.6. The van der Waals surface area contributed by atoms with Gasteiger partial charge in [-0.1, -0.05) is 30.6 Å². The van der Waals surface area contributed by atoms with E-state index in [2.05, 4.69) is 61.8 Å². The van der Waals surface area contributed by atoms with E-state index in [1.54, 1.807) is 13.3 Å². The van der Waals surface area contributed by atoms with E-state index in [0.717, 1.165) is 32.1 Å². The monoisotopic (exact) mass is 491 g/mol. The number of hydrogen-bond acceptors (Lipinski definition) is 4. The molecule has 0 aliphatic heterocycles. The van der Waals surface area contributed by atoms with Crippen molar-refractivity contribution in [3.05, 3.63) is 52.6 Å². The second-order valence-electron chi connectivity index (χ2n) is 12.0. The molecule has 35 heavy (non-hydrogen) atoms. The fourth-order valence-electron chi connectivity index (χ4n) is 7.40. The predicted molar refractivity (Wildman–Crippen MR) is 143 cm³/mol. The molecule has 2 fully saturated rings. The third-order valence-corrected chi connectivity index (χ3v) is 9.88. The number of carbonyl (C=O) groups excluding carboxylic acids is 1. The lowest BCUT2D eigenvalue weighted by Crippen LogP contribution is -2.51. The molecule has 5 rings (SSSR count). The number of nitrogens with zero attached hydrogens (tertiary/aromatic N) is 1. The summed E-state index contributed by atoms with van der Waals surface area (Å²) in [6.07, 6.45) is 7.69. The van der Waals surface area contributed by atoms with Gasteiger partial charge in [-0.3, -0.25) is 4.79 Å². The Morgan fingerprint density at radius 1 is 1.09 bits per heavy atom. The standard InChI is InChI=1S/C30H38NO3P/c1-29-19-26(20-6-9-22(10-7-20)31(2)3)28-24-13-11-23(32)18-21(24)8-12-25(28)27(29)14-15-30(29,33)16-17-35(4,5)34/h6-7,9-10,18,25-27,33H,8,11-15,19H2,1-5H3/t25?,26-,27+,29+,30-/m1/s1. The minimum atomic E-state index is -2.55. The van der Waals surface area contributed by atoms with Crippen LogP contribution in [0.1, 0.15) is 63.4 Å². The fourth-order valence-corrected chi connectivity index (χ4v) is 7.86. The summed E-state index contributed by atoms with van der Waals surface area (Å²) in [5.74, 6) is 4.32. The first kappa shape index (κ1) is 24.6. The lowest BCUT2D eigenvalue weighted by molar-refractivity contribution is -0.114. The molecule has 4 aliphatic carbocycles. The molecule has 2 saturated carbocycles. The lowest BCUT2D eigenvalue weighted by Gasteiger charge is -2.53. The number of rotatable bonds is 2. The van der Waals surface area contributed by atoms with Crippen LogP contribution in [-0.2, 0) is 9.36 Å². The zero-order chi connectivity index (χ0) is 25.2. The molecule has 186 valence electrons. The zero-order valence-electron chi connectivity index (χ0n) is 21.7. The van der Waals surface area contributed by atoms with Crippen LogP contribution in [0.3, 0.4) is 0 Å². The topological polar surface area (TPSA) is 57.6 Å². The van der Waals surface area contributed by atoms with Crippen molar-refractivity contribution in [2.45, 2.75) is 63.4 Å². The molecule has 0 heterocycles. The Bertz CT molecular complexity index is 1220. The highest BCUT2D eigenvalue weighted by molar-refractivity contribution is 7.67. The van der Waals surface area contributed by atoms with Crippen LogP contribution in [0.2, 0.25) is 0 Å². The van der Waals surface area contributed by atoms with E-state index in [1.807, 2.05) is 6.08 Å². The molecule has 5 heteroatoms. The first-order valence-electron chi connectivity index (χ1n) is 13.0. The maximum atomic E-state index is 12.4. The minimum absolute atomic E-state index is 0.186. The highest BCUT2D eigenvalue weighted by Crippen LogP contribution is 2.66. The van der Waals surface area contributed by atoms with Crippen LogP contribution in [0.5, 0.6) is 0 Å². The maximum Gasteiger partial charge on any atom is 0.156 e. The van der Waals surface area contributed by atoms with E-state index < -0.39 is 12.7 Å². The number of anilines is 1. The molecule has 1 N–H and O–H groups in total. The van der Waals surface area contributed by atoms with Gasteiger partial charge in [0.1, 0.15) is 12.7 Å². The largest absolute Gasteiger partial charge is 0.378 e. The van der Waals surface area contributed by atoms with E-state index in [9.17, 15) is 14.5 Å². The van der Waals surface area contributed by atoms with E-state index in [4.69, 9.17) is 0 Å². The third-order valence-electron chi connectivity index (χ3n) is 9.23. The van der Waals surface area contributed by atoms with Crippen LogP contribution in [-0.4, -0.2) is 43.9 Å². The van der Waals surface area contributed by atoms with Gasteiger partial charge in [0.25, 0.3) is 0 Å². The Labute approximate surface area is 210 Å². The van der Waals surface area contributed by atoms with Crippen molar-refractivity contribution < 1.29 is 14.5 Å². The van der Waals surface area contributed by atoms with Crippen molar-refractivity contribution in [1.82, 2.24) is 0 Å². The zero-order valence-corrected chi connectivity index (χ0v) is 22.6. The van der Waals surface area contributed by atoms with Crippen LogP contribution in [0, 0.1) is 28.8 Å². The van der Waals surface area contributed by atoms with Crippen molar-refractivity contribution >= 4 is 18.6 Å². The summed E-state index contributed by atoms with van der Waals surface area (Å²) in [5.41, 5.74) is 8.07. The highest BCUT2D eigenvalue weighted by atomic mass is 31.2. The Morgan fingerprint density at radius 3 is 2.46 bits per heavy atom. The van der Waals surface area contributed by atoms with Gasteiger partial charge < -0.3 is 14.6 Å². The molecule has 0 bridgehead atoms. The Hall–Kier alpha value is -2.08. The van der Waals surface area contributed by atoms with Crippen molar-refractivity contribution in [3.63, 3.8) is 0 Å². The number of ketones is 1. The predicted octanol–water partition coefficient (Wildman–Crippen LogP) is 5.97. The van der Waals surface area contributed by atoms with E-state index in [0.29, 0.717) is 24.7 Å². The quantitative estimate of drug-likeness (QED) is 0.409. The van der Waals surface area contributed by atoms with Crippen LogP contribution in [0.15, 0.2) is 47.1 Å². The molecule has 4 aliphatic rings. The number of carbonyl (C=O) groups is 1. The molecule has 0 radical (unpaired) electrons. The summed E-state index contributed by atoms with van der Waals surface area (Å²) in [6.45, 7) is 5.58. The lowest BCUT2D eigenvalue weighted by atomic mass is 9.51. The first-order chi connectivity index (χ1) is 16.4. The normalized spacial score (nSPS) is 34.3. The van der Waals surface area contributed by atoms with Gasteiger partial charge in [-0.25, -0.2) is 0 Å². The molecule has 0 amide bonds. The molecular weight excluding hydrogens is 453 g/mol. The van der Waals surface area contributed by atoms with E-state index >= 15 is 0 Å². The molecule has 5 atom stereocenters. The summed E-state index contributed by atoms with van der Waals surface area (Å²) in [5, 5.41) is 12.0. The van der Waals surface area contributed by atoms with Crippen LogP contribution in [0.4, 0.5) is 5.69 Å². The van der Waals surface area contributed by atoms with E-state index in [-0.39, 0.29) is 17.1 Å². The molecule has 1 unspecified atom stereocenters. The molecule has 4 nitrogen and oxygen atoms in total. The average molecular weight is 492 g/mol. The second kappa shape index (κ2) is 8.50. The van der Waals surface area contributed by atoms with Crippen molar-refractivity contribution in [3.8, 4) is 11.6 Å². The summed E-state index contributed by atoms with van der Waals surface area (Å²) in [6, 6.07) is 8.84. The van der Waals surface area contributed by atoms with Crippen LogP contribution < -0.4 is 4.90 Å². The second-order valence-corrected chi connectivity index (χ2v) is 14.9. The fraction of sp³-hybridized carbons (Fsp3) is 0.567. The van der Waals surface area contributed by atoms with Gasteiger partial charge in [-0.15, -0.1) is 0 Å². The Kier molecular flexibility index (Phi) is 5.98. The van der Waals surface area contributed by atoms with Gasteiger partial charge in [-0.2, -0.15) is 0 Å². The summed E-state index contributed by atoms with van der Waals surface area (Å²) in [4.78, 5) is 14.3. The number of aliphatic hydroxyl groups is 1. The van der Waals surface area contributed by atoms with Gasteiger partial charge in [0, 0.05) is 37.5 Å². The molecule has 0 saturated heterocycles. The SMILES string of the molecule is CN(C)c1ccc([C@H]2C[C@@]3(C)[C@@H](CC[C@@]3(O)C#CP(C)(C)=O)C3CCC4=CC(=O)CCC4=C32)cc1. The maximum absolute atomic E-state index is 12.4. The summed E-state index contributed by atoms with van der Waals surface area (Å²) < 4.78 is 12.4. The molecule has 1 aromatic rings. The Balaban J connectivity index is 1.65. The number of allylic oxidation sites excluding steroid dienone is 4. The van der Waals surface area contributed by atoms with Crippen LogP contribution >= 0.6 is 7.14 Å². The van der Waals surface area contributed by atoms with Crippen molar-refractivity contribution in [2.75, 3.05) is 32.3 Å². The van der Waals surface area contributed by atoms with Gasteiger partial charge >= 0.3 is 0 Å². The van der Waals surface area contributed by atoms with Crippen molar-refractivity contribution in [1.29, 1.82) is 0 Å². The third kappa shape index (κ3) is 4.16. The number of hydrogen-bond donors (Lipinski definition) is 1. The highest BCUT2D eigenvalue weighted by Gasteiger charge is 2.62. The summed E-state index contributed by atoms with van der Waals surface area (Å²) >= 11 is 0. The van der Waals surface area contributed by atoms with Gasteiger partial charge in [0.2, 0.25) is 0 Å². The Morgan fingerprint density at radius 2 is 1.80 bits per heavy atom. The van der Waals surface area contributed by atoms with E-state index in [1.165, 1.54) is 28.0 Å². The average Bonchev–Trinajstić information content (AvgIpc) is 3.07. The smallest absolute Gasteiger partial charge is 0.156 e.